The molecule has 3 fully saturated rings. The topological polar surface area (TPSA) is 369 Å². The summed E-state index contributed by atoms with van der Waals surface area (Å²) < 4.78 is 39.5. The lowest BCUT2D eigenvalue weighted by Gasteiger charge is -2.45. The number of aromatic hydroxyl groups is 3. The minimum absolute atomic E-state index is 0.162. The summed E-state index contributed by atoms with van der Waals surface area (Å²) >= 11 is 0. The monoisotopic (exact) mass is 788 g/mol. The number of benzene rings is 2. The zero-order chi connectivity index (χ0) is 40.0. The Bertz CT molecular complexity index is 1870. The first-order chi connectivity index (χ1) is 26.1. The molecule has 1 aromatic heterocycles. The van der Waals surface area contributed by atoms with Gasteiger partial charge in [-0.15, -0.1) is 0 Å². The highest BCUT2D eigenvalue weighted by molar-refractivity contribution is 5.88. The summed E-state index contributed by atoms with van der Waals surface area (Å²) in [5, 5.41) is 143. The van der Waals surface area contributed by atoms with Crippen molar-refractivity contribution in [1.82, 2.24) is 0 Å². The molecule has 0 amide bonds. The van der Waals surface area contributed by atoms with Crippen LogP contribution < -0.4 is 14.9 Å². The molecule has 3 aromatic rings. The van der Waals surface area contributed by atoms with Crippen LogP contribution in [0, 0.1) is 0 Å². The van der Waals surface area contributed by atoms with E-state index in [4.69, 9.17) is 32.8 Å². The number of hydrogen-bond acceptors (Lipinski definition) is 22. The first-order valence-electron chi connectivity index (χ1n) is 16.7. The Kier molecular flexibility index (Phi) is 12.0. The van der Waals surface area contributed by atoms with Gasteiger partial charge in [-0.1, -0.05) is 0 Å². The van der Waals surface area contributed by atoms with Crippen LogP contribution >= 0.6 is 0 Å². The predicted molar refractivity (Wildman–Crippen MR) is 174 cm³/mol. The maximum Gasteiger partial charge on any atom is 0.239 e. The van der Waals surface area contributed by atoms with E-state index in [1.807, 2.05) is 0 Å². The highest BCUT2D eigenvalue weighted by atomic mass is 16.8. The lowest BCUT2D eigenvalue weighted by atomic mass is 9.97. The molecule has 6 rings (SSSR count). The van der Waals surface area contributed by atoms with Gasteiger partial charge in [0.1, 0.15) is 89.6 Å². The lowest BCUT2D eigenvalue weighted by Crippen LogP contribution is -2.65. The molecule has 3 aliphatic heterocycles. The highest BCUT2D eigenvalue weighted by Crippen LogP contribution is 2.41. The van der Waals surface area contributed by atoms with Crippen LogP contribution in [0.15, 0.2) is 39.5 Å². The Balaban J connectivity index is 1.43. The van der Waals surface area contributed by atoms with Crippen LogP contribution in [0.4, 0.5) is 0 Å². The number of aliphatic hydroxyl groups is 11. The SMILES string of the molecule is O=c1c(OC2OC(CO)C(O)C(O)C2OC2OC(CO)C(O)C(O)C2O)c(-c2ccc(O)c(O)c2)oc2cc(OC3OC(CO)C(O)C(O)C3O)cc(O)c12. The van der Waals surface area contributed by atoms with Crippen LogP contribution in [0.1, 0.15) is 0 Å². The number of phenols is 3. The molecule has 4 heterocycles. The van der Waals surface area contributed by atoms with Gasteiger partial charge in [-0.3, -0.25) is 4.79 Å². The van der Waals surface area contributed by atoms with Gasteiger partial charge in [-0.05, 0) is 18.2 Å². The number of phenolic OH excluding ortho intramolecular Hbond substituents is 3. The third-order valence-electron chi connectivity index (χ3n) is 9.44. The maximum atomic E-state index is 14.2. The number of ether oxygens (including phenoxy) is 6. The van der Waals surface area contributed by atoms with Gasteiger partial charge in [0.25, 0.3) is 0 Å². The first-order valence-corrected chi connectivity index (χ1v) is 16.7. The fraction of sp³-hybridized carbons (Fsp3) is 0.545. The smallest absolute Gasteiger partial charge is 0.239 e. The molecule has 2 aromatic carbocycles. The molecule has 55 heavy (non-hydrogen) atoms. The van der Waals surface area contributed by atoms with Crippen LogP contribution in [0.3, 0.4) is 0 Å². The quantitative estimate of drug-likeness (QED) is 0.0853. The van der Waals surface area contributed by atoms with Crippen molar-refractivity contribution >= 4 is 11.0 Å². The summed E-state index contributed by atoms with van der Waals surface area (Å²) in [6.07, 6.45) is -27.2. The van der Waals surface area contributed by atoms with Crippen molar-refractivity contribution in [2.45, 2.75) is 92.1 Å². The molecule has 3 aliphatic rings. The van der Waals surface area contributed by atoms with Crippen molar-refractivity contribution in [1.29, 1.82) is 0 Å². The molecular weight excluding hydrogens is 748 g/mol. The fourth-order valence-corrected chi connectivity index (χ4v) is 6.33. The Morgan fingerprint density at radius 3 is 1.69 bits per heavy atom. The fourth-order valence-electron chi connectivity index (χ4n) is 6.33. The minimum Gasteiger partial charge on any atom is -0.507 e. The van der Waals surface area contributed by atoms with Gasteiger partial charge in [-0.2, -0.15) is 0 Å². The van der Waals surface area contributed by atoms with Gasteiger partial charge in [0.05, 0.1) is 19.8 Å². The minimum atomic E-state index is -2.05. The van der Waals surface area contributed by atoms with Crippen LogP contribution in [0.2, 0.25) is 0 Å². The van der Waals surface area contributed by atoms with Crippen LogP contribution in [0.5, 0.6) is 28.7 Å². The maximum absolute atomic E-state index is 14.2. The molecule has 0 spiro atoms. The summed E-state index contributed by atoms with van der Waals surface area (Å²) in [7, 11) is 0. The summed E-state index contributed by atoms with van der Waals surface area (Å²) in [5.74, 6) is -3.84. The molecule has 15 unspecified atom stereocenters. The molecule has 0 saturated carbocycles. The van der Waals surface area contributed by atoms with Crippen molar-refractivity contribution < 1.29 is 104 Å². The molecular formula is C33H40O22. The molecule has 22 nitrogen and oxygen atoms in total. The van der Waals surface area contributed by atoms with E-state index >= 15 is 0 Å². The summed E-state index contributed by atoms with van der Waals surface area (Å²) in [6.45, 7) is -2.56. The second-order valence-electron chi connectivity index (χ2n) is 13.0. The summed E-state index contributed by atoms with van der Waals surface area (Å²) in [6, 6.07) is 5.03. The third-order valence-corrected chi connectivity index (χ3v) is 9.44. The Morgan fingerprint density at radius 2 is 1.11 bits per heavy atom. The zero-order valence-electron chi connectivity index (χ0n) is 28.2. The van der Waals surface area contributed by atoms with E-state index in [-0.39, 0.29) is 11.3 Å². The van der Waals surface area contributed by atoms with E-state index in [9.17, 15) is 76.3 Å². The normalized spacial score (nSPS) is 36.8. The van der Waals surface area contributed by atoms with Crippen LogP contribution in [-0.2, 0) is 18.9 Å². The van der Waals surface area contributed by atoms with Gasteiger partial charge >= 0.3 is 0 Å². The molecule has 0 bridgehead atoms. The standard InChI is InChI=1S/C33H40O22/c34-6-15-19(40)23(44)26(47)31(51-15)49-10-4-13(39)18-14(5-10)50-28(9-1-2-11(37)12(38)3-9)29(22(18)43)54-33-30(25(46)21(42)17(8-36)53-33)55-32-27(48)24(45)20(41)16(7-35)52-32/h1-5,15-17,19-21,23-27,30-42,44-48H,6-8H2. The highest BCUT2D eigenvalue weighted by Gasteiger charge is 2.52. The molecule has 0 aliphatic carbocycles. The van der Waals surface area contributed by atoms with E-state index in [1.54, 1.807) is 0 Å². The van der Waals surface area contributed by atoms with Gasteiger partial charge in [-0.25, -0.2) is 0 Å². The molecule has 14 N–H and O–H groups in total. The van der Waals surface area contributed by atoms with Crippen LogP contribution in [0.25, 0.3) is 22.3 Å². The zero-order valence-corrected chi connectivity index (χ0v) is 28.2. The van der Waals surface area contributed by atoms with Crippen molar-refractivity contribution in [2.24, 2.45) is 0 Å². The van der Waals surface area contributed by atoms with Crippen molar-refractivity contribution in [3.63, 3.8) is 0 Å². The van der Waals surface area contributed by atoms with Crippen molar-refractivity contribution in [3.05, 3.63) is 40.6 Å². The average Bonchev–Trinajstić information content (AvgIpc) is 3.16. The number of rotatable bonds is 10. The Morgan fingerprint density at radius 1 is 0.564 bits per heavy atom. The predicted octanol–water partition coefficient (Wildman–Crippen LogP) is -5.24. The average molecular weight is 789 g/mol. The molecule has 15 atom stereocenters. The van der Waals surface area contributed by atoms with Gasteiger partial charge in [0, 0.05) is 17.7 Å². The van der Waals surface area contributed by atoms with Gasteiger partial charge in [0.15, 0.2) is 29.7 Å². The second kappa shape index (κ2) is 16.3. The number of fused-ring (bicyclic) bond motifs is 1. The Labute approximate surface area is 307 Å². The van der Waals surface area contributed by atoms with E-state index in [0.29, 0.717) is 0 Å². The van der Waals surface area contributed by atoms with Gasteiger partial charge < -0.3 is 104 Å². The van der Waals surface area contributed by atoms with Crippen molar-refractivity contribution in [2.75, 3.05) is 19.8 Å². The third kappa shape index (κ3) is 7.63. The van der Waals surface area contributed by atoms with E-state index in [0.717, 1.165) is 24.3 Å². The van der Waals surface area contributed by atoms with Crippen LogP contribution in [-0.4, -0.2) is 183 Å². The summed E-state index contributed by atoms with van der Waals surface area (Å²) in [4.78, 5) is 14.2. The summed E-state index contributed by atoms with van der Waals surface area (Å²) in [5.41, 5.74) is -1.77. The van der Waals surface area contributed by atoms with E-state index in [1.165, 1.54) is 6.07 Å². The Hall–Kier alpha value is -3.95. The number of aliphatic hydroxyl groups excluding tert-OH is 11. The van der Waals surface area contributed by atoms with Crippen molar-refractivity contribution in [3.8, 4) is 40.1 Å². The second-order valence-corrected chi connectivity index (χ2v) is 13.0. The molecule has 0 radical (unpaired) electrons. The molecule has 3 saturated heterocycles. The molecule has 22 heteroatoms. The van der Waals surface area contributed by atoms with E-state index in [2.05, 4.69) is 0 Å². The van der Waals surface area contributed by atoms with E-state index < -0.39 is 157 Å². The first kappa shape index (κ1) is 40.7. The lowest BCUT2D eigenvalue weighted by molar-refractivity contribution is -0.358. The molecule has 304 valence electrons. The van der Waals surface area contributed by atoms with Gasteiger partial charge in [0.2, 0.25) is 23.8 Å². The largest absolute Gasteiger partial charge is 0.507 e. The number of hydrogen-bond donors (Lipinski definition) is 14.